The van der Waals surface area contributed by atoms with Gasteiger partial charge in [-0.15, -0.1) is 0 Å². The summed E-state index contributed by atoms with van der Waals surface area (Å²) in [5, 5.41) is 8.95. The van der Waals surface area contributed by atoms with E-state index in [2.05, 4.69) is 10.4 Å². The Morgan fingerprint density at radius 3 is 2.65 bits per heavy atom. The van der Waals surface area contributed by atoms with Crippen molar-refractivity contribution in [3.63, 3.8) is 0 Å². The second kappa shape index (κ2) is 7.70. The third-order valence-corrected chi connectivity index (χ3v) is 4.75. The number of hydrogen-bond donors (Lipinski definition) is 1. The van der Waals surface area contributed by atoms with Crippen LogP contribution in [0.5, 0.6) is 0 Å². The maximum Gasteiger partial charge on any atom is 0.275 e. The summed E-state index contributed by atoms with van der Waals surface area (Å²) in [6.07, 6.45) is 3.07. The molecule has 0 bridgehead atoms. The number of hydrogen-bond acceptors (Lipinski definition) is 3. The molecule has 0 saturated carbocycles. The normalized spacial score (nSPS) is 10.9. The van der Waals surface area contributed by atoms with Crippen LogP contribution >= 0.6 is 11.6 Å². The van der Waals surface area contributed by atoms with Crippen LogP contribution in [-0.2, 0) is 24.2 Å². The van der Waals surface area contributed by atoms with Crippen LogP contribution in [0.3, 0.4) is 0 Å². The van der Waals surface area contributed by atoms with Crippen LogP contribution in [0.15, 0.2) is 47.4 Å². The fourth-order valence-electron chi connectivity index (χ4n) is 3.02. The number of nitrogens with zero attached hydrogens (tertiary/aromatic N) is 2. The monoisotopic (exact) mass is 369 g/mol. The summed E-state index contributed by atoms with van der Waals surface area (Å²) in [4.78, 5) is 25.1. The Labute approximate surface area is 156 Å². The first kappa shape index (κ1) is 18.1. The molecule has 0 fully saturated rings. The van der Waals surface area contributed by atoms with Gasteiger partial charge in [-0.05, 0) is 36.1 Å². The van der Waals surface area contributed by atoms with E-state index in [1.54, 1.807) is 18.3 Å². The van der Waals surface area contributed by atoms with Crippen molar-refractivity contribution in [2.75, 3.05) is 5.32 Å². The molecule has 0 atom stereocenters. The van der Waals surface area contributed by atoms with E-state index in [9.17, 15) is 9.59 Å². The fraction of sp³-hybridized carbons (Fsp3) is 0.250. The highest BCUT2D eigenvalue weighted by atomic mass is 35.5. The van der Waals surface area contributed by atoms with E-state index >= 15 is 0 Å². The molecule has 26 heavy (non-hydrogen) atoms. The SMILES string of the molecule is CCc1ccc(Cl)c(CC)c1NC(=O)Cn1ncc2ccccc2c1=O. The Morgan fingerprint density at radius 1 is 1.15 bits per heavy atom. The van der Waals surface area contributed by atoms with E-state index in [-0.39, 0.29) is 18.0 Å². The number of halogens is 1. The molecule has 0 radical (unpaired) electrons. The number of aryl methyl sites for hydroxylation is 1. The highest BCUT2D eigenvalue weighted by Crippen LogP contribution is 2.29. The molecule has 0 aliphatic rings. The maximum atomic E-state index is 12.6. The topological polar surface area (TPSA) is 64.0 Å². The first-order chi connectivity index (χ1) is 12.5. The fourth-order valence-corrected chi connectivity index (χ4v) is 3.31. The summed E-state index contributed by atoms with van der Waals surface area (Å²) in [6, 6.07) is 11.0. The molecule has 3 rings (SSSR count). The van der Waals surface area contributed by atoms with Crippen LogP contribution in [0.1, 0.15) is 25.0 Å². The quantitative estimate of drug-likeness (QED) is 0.743. The van der Waals surface area contributed by atoms with Gasteiger partial charge in [0.25, 0.3) is 5.56 Å². The summed E-state index contributed by atoms with van der Waals surface area (Å²) in [5.74, 6) is -0.304. The van der Waals surface area contributed by atoms with E-state index in [1.165, 1.54) is 4.68 Å². The van der Waals surface area contributed by atoms with Crippen LogP contribution in [-0.4, -0.2) is 15.7 Å². The van der Waals surface area contributed by atoms with Crippen molar-refractivity contribution < 1.29 is 4.79 Å². The summed E-state index contributed by atoms with van der Waals surface area (Å²) in [6.45, 7) is 3.86. The Morgan fingerprint density at radius 2 is 1.92 bits per heavy atom. The van der Waals surface area contributed by atoms with Gasteiger partial charge in [-0.1, -0.05) is 49.7 Å². The lowest BCUT2D eigenvalue weighted by Crippen LogP contribution is -2.30. The number of aromatic nitrogens is 2. The predicted octanol–water partition coefficient (Wildman–Crippen LogP) is 3.81. The molecule has 0 spiro atoms. The predicted molar refractivity (Wildman–Crippen MR) is 105 cm³/mol. The second-order valence-electron chi connectivity index (χ2n) is 6.01. The van der Waals surface area contributed by atoms with Gasteiger partial charge in [-0.3, -0.25) is 9.59 Å². The zero-order valence-corrected chi connectivity index (χ0v) is 15.5. The molecular formula is C20H20ClN3O2. The van der Waals surface area contributed by atoms with Gasteiger partial charge in [-0.25, -0.2) is 4.68 Å². The minimum absolute atomic E-state index is 0.150. The third kappa shape index (κ3) is 3.48. The number of rotatable bonds is 5. The summed E-state index contributed by atoms with van der Waals surface area (Å²) < 4.78 is 1.18. The van der Waals surface area contributed by atoms with Crippen LogP contribution in [0.4, 0.5) is 5.69 Å². The summed E-state index contributed by atoms with van der Waals surface area (Å²) in [5.41, 5.74) is 2.37. The molecule has 0 aliphatic carbocycles. The molecule has 0 aliphatic heterocycles. The van der Waals surface area contributed by atoms with Crippen LogP contribution < -0.4 is 10.9 Å². The molecule has 3 aromatic rings. The van der Waals surface area contributed by atoms with Crippen molar-refractivity contribution in [1.82, 2.24) is 9.78 Å². The van der Waals surface area contributed by atoms with E-state index < -0.39 is 0 Å². The smallest absolute Gasteiger partial charge is 0.275 e. The van der Waals surface area contributed by atoms with Gasteiger partial charge in [0.05, 0.1) is 11.6 Å². The van der Waals surface area contributed by atoms with Crippen molar-refractivity contribution in [3.05, 3.63) is 69.1 Å². The van der Waals surface area contributed by atoms with E-state index in [0.29, 0.717) is 16.8 Å². The number of carbonyl (C=O) groups excluding carboxylic acids is 1. The maximum absolute atomic E-state index is 12.6. The zero-order valence-electron chi connectivity index (χ0n) is 14.8. The molecule has 1 N–H and O–H groups in total. The number of fused-ring (bicyclic) bond motifs is 1. The standard InChI is InChI=1S/C20H20ClN3O2/c1-3-13-9-10-17(21)15(4-2)19(13)23-18(25)12-24-20(26)16-8-6-5-7-14(16)11-22-24/h5-11H,3-4,12H2,1-2H3,(H,23,25). The molecular weight excluding hydrogens is 350 g/mol. The summed E-state index contributed by atoms with van der Waals surface area (Å²) in [7, 11) is 0. The second-order valence-corrected chi connectivity index (χ2v) is 6.42. The largest absolute Gasteiger partial charge is 0.324 e. The van der Waals surface area contributed by atoms with Crippen molar-refractivity contribution in [3.8, 4) is 0 Å². The molecule has 1 amide bonds. The van der Waals surface area contributed by atoms with Gasteiger partial charge >= 0.3 is 0 Å². The van der Waals surface area contributed by atoms with Crippen molar-refractivity contribution in [2.24, 2.45) is 0 Å². The Bertz CT molecular complexity index is 1030. The molecule has 1 heterocycles. The minimum atomic E-state index is -0.304. The molecule has 1 aromatic heterocycles. The van der Waals surface area contributed by atoms with Gasteiger partial charge in [0.1, 0.15) is 6.54 Å². The number of anilines is 1. The highest BCUT2D eigenvalue weighted by Gasteiger charge is 2.14. The van der Waals surface area contributed by atoms with Crippen molar-refractivity contribution in [1.29, 1.82) is 0 Å². The van der Waals surface area contributed by atoms with Gasteiger partial charge in [-0.2, -0.15) is 5.10 Å². The molecule has 134 valence electrons. The molecule has 6 heteroatoms. The zero-order chi connectivity index (χ0) is 18.7. The highest BCUT2D eigenvalue weighted by molar-refractivity contribution is 6.32. The van der Waals surface area contributed by atoms with Crippen molar-refractivity contribution in [2.45, 2.75) is 33.2 Å². The minimum Gasteiger partial charge on any atom is -0.324 e. The average molecular weight is 370 g/mol. The first-order valence-corrected chi connectivity index (χ1v) is 8.97. The van der Waals surface area contributed by atoms with Gasteiger partial charge in [0.15, 0.2) is 0 Å². The summed E-state index contributed by atoms with van der Waals surface area (Å²) >= 11 is 6.27. The Hall–Kier alpha value is -2.66. The van der Waals surface area contributed by atoms with Gasteiger partial charge < -0.3 is 5.32 Å². The Balaban J connectivity index is 1.90. The number of nitrogens with one attached hydrogen (secondary N) is 1. The average Bonchev–Trinajstić information content (AvgIpc) is 2.65. The number of benzene rings is 2. The van der Waals surface area contributed by atoms with E-state index in [4.69, 9.17) is 11.6 Å². The van der Waals surface area contributed by atoms with Crippen LogP contribution in [0, 0.1) is 0 Å². The number of carbonyl (C=O) groups is 1. The molecule has 0 saturated heterocycles. The van der Waals surface area contributed by atoms with Gasteiger partial charge in [0, 0.05) is 16.1 Å². The van der Waals surface area contributed by atoms with E-state index in [1.807, 2.05) is 38.1 Å². The van der Waals surface area contributed by atoms with Crippen LogP contribution in [0.2, 0.25) is 5.02 Å². The molecule has 2 aromatic carbocycles. The van der Waals surface area contributed by atoms with Crippen molar-refractivity contribution >= 4 is 34.0 Å². The van der Waals surface area contributed by atoms with Crippen LogP contribution in [0.25, 0.3) is 10.8 Å². The first-order valence-electron chi connectivity index (χ1n) is 8.60. The molecule has 5 nitrogen and oxygen atoms in total. The third-order valence-electron chi connectivity index (χ3n) is 4.40. The number of amides is 1. The van der Waals surface area contributed by atoms with Gasteiger partial charge in [0.2, 0.25) is 5.91 Å². The Kier molecular flexibility index (Phi) is 5.38. The lowest BCUT2D eigenvalue weighted by Gasteiger charge is -2.16. The lowest BCUT2D eigenvalue weighted by molar-refractivity contribution is -0.117. The van der Waals surface area contributed by atoms with E-state index in [0.717, 1.165) is 28.6 Å². The molecule has 0 unspecified atom stereocenters. The lowest BCUT2D eigenvalue weighted by atomic mass is 10.0.